The molecule has 2 amide bonds. The number of rotatable bonds is 8. The summed E-state index contributed by atoms with van der Waals surface area (Å²) in [7, 11) is 1.78. The fourth-order valence-electron chi connectivity index (χ4n) is 3.00. The highest BCUT2D eigenvalue weighted by Gasteiger charge is 2.34. The summed E-state index contributed by atoms with van der Waals surface area (Å²) in [4.78, 5) is 27.8. The second-order valence-corrected chi connectivity index (χ2v) is 9.32. The molecule has 30 heavy (non-hydrogen) atoms. The maximum atomic E-state index is 12.5. The first-order chi connectivity index (χ1) is 14.5. The molecule has 3 aromatic rings. The van der Waals surface area contributed by atoms with Crippen LogP contribution in [0.1, 0.15) is 25.3 Å². The van der Waals surface area contributed by atoms with Crippen molar-refractivity contribution < 1.29 is 9.59 Å². The minimum Gasteiger partial charge on any atom is -0.341 e. The number of nitrogens with zero attached hydrogens (tertiary/aromatic N) is 6. The Bertz CT molecular complexity index is 1030. The number of para-hydroxylation sites is 1. The number of thioether (sulfide) groups is 1. The summed E-state index contributed by atoms with van der Waals surface area (Å²) in [5, 5.41) is 13.3. The maximum Gasteiger partial charge on any atom is 0.233 e. The lowest BCUT2D eigenvalue weighted by Crippen LogP contribution is -2.30. The largest absolute Gasteiger partial charge is 0.341 e. The molecule has 0 aliphatic heterocycles. The molecule has 2 aromatic heterocycles. The van der Waals surface area contributed by atoms with Gasteiger partial charge in [-0.15, -0.1) is 10.2 Å². The molecule has 2 heterocycles. The van der Waals surface area contributed by atoms with Crippen LogP contribution >= 0.6 is 23.1 Å². The Morgan fingerprint density at radius 1 is 1.23 bits per heavy atom. The number of carbonyl (C=O) groups excluding carboxylic acids is 2. The number of aromatic nitrogens is 4. The highest BCUT2D eigenvalue weighted by molar-refractivity contribution is 8.01. The first kappa shape index (κ1) is 20.5. The van der Waals surface area contributed by atoms with E-state index in [9.17, 15) is 9.59 Å². The van der Waals surface area contributed by atoms with E-state index in [0.717, 1.165) is 24.1 Å². The van der Waals surface area contributed by atoms with E-state index in [1.807, 2.05) is 36.5 Å². The van der Waals surface area contributed by atoms with E-state index in [1.54, 1.807) is 34.6 Å². The summed E-state index contributed by atoms with van der Waals surface area (Å²) in [6.45, 7) is 2.03. The van der Waals surface area contributed by atoms with Crippen LogP contribution in [0.3, 0.4) is 0 Å². The van der Waals surface area contributed by atoms with Crippen LogP contribution in [0.2, 0.25) is 0 Å². The average Bonchev–Trinajstić information content (AvgIpc) is 3.26. The summed E-state index contributed by atoms with van der Waals surface area (Å²) in [6.07, 6.45) is 5.71. The molecule has 0 saturated heterocycles. The quantitative estimate of drug-likeness (QED) is 0.394. The van der Waals surface area contributed by atoms with Crippen LogP contribution in [0, 0.1) is 0 Å². The Kier molecular flexibility index (Phi) is 6.14. The van der Waals surface area contributed by atoms with E-state index in [4.69, 9.17) is 0 Å². The second kappa shape index (κ2) is 8.97. The van der Waals surface area contributed by atoms with Crippen molar-refractivity contribution in [2.45, 2.75) is 36.7 Å². The van der Waals surface area contributed by atoms with Gasteiger partial charge in [-0.05, 0) is 25.0 Å². The number of hydrogen-bond donors (Lipinski definition) is 0. The van der Waals surface area contributed by atoms with E-state index in [2.05, 4.69) is 15.3 Å². The Hall–Kier alpha value is -2.72. The molecule has 0 atom stereocenters. The van der Waals surface area contributed by atoms with Gasteiger partial charge in [0.2, 0.25) is 16.9 Å². The minimum absolute atomic E-state index is 0.00479. The van der Waals surface area contributed by atoms with E-state index >= 15 is 0 Å². The van der Waals surface area contributed by atoms with E-state index < -0.39 is 0 Å². The predicted molar refractivity (Wildman–Crippen MR) is 117 cm³/mol. The lowest BCUT2D eigenvalue weighted by molar-refractivity contribution is -0.127. The van der Waals surface area contributed by atoms with Gasteiger partial charge in [-0.1, -0.05) is 41.3 Å². The summed E-state index contributed by atoms with van der Waals surface area (Å²) in [5.41, 5.74) is 1.94. The molecular formula is C20H22N6O2S2. The van der Waals surface area contributed by atoms with Crippen LogP contribution in [0.15, 0.2) is 47.1 Å². The molecule has 156 valence electrons. The molecule has 4 rings (SSSR count). The molecule has 1 aliphatic rings. The lowest BCUT2D eigenvalue weighted by Gasteiger charge is -2.16. The van der Waals surface area contributed by atoms with Crippen molar-refractivity contribution in [3.8, 4) is 5.69 Å². The van der Waals surface area contributed by atoms with Crippen molar-refractivity contribution in [1.82, 2.24) is 24.9 Å². The molecule has 0 spiro atoms. The minimum atomic E-state index is -0.0166. The topological polar surface area (TPSA) is 84.2 Å². The average molecular weight is 443 g/mol. The van der Waals surface area contributed by atoms with Gasteiger partial charge in [0.25, 0.3) is 0 Å². The van der Waals surface area contributed by atoms with Gasteiger partial charge >= 0.3 is 0 Å². The fraction of sp³-hybridized carbons (Fsp3) is 0.350. The van der Waals surface area contributed by atoms with E-state index in [-0.39, 0.29) is 23.6 Å². The lowest BCUT2D eigenvalue weighted by atomic mass is 10.3. The van der Waals surface area contributed by atoms with E-state index in [1.165, 1.54) is 23.1 Å². The highest BCUT2D eigenvalue weighted by atomic mass is 32.2. The van der Waals surface area contributed by atoms with Gasteiger partial charge < -0.3 is 4.90 Å². The normalized spacial score (nSPS) is 13.3. The molecule has 1 fully saturated rings. The Morgan fingerprint density at radius 2 is 2.00 bits per heavy atom. The van der Waals surface area contributed by atoms with Gasteiger partial charge in [-0.3, -0.25) is 14.5 Å². The third kappa shape index (κ3) is 4.88. The smallest absolute Gasteiger partial charge is 0.233 e. The zero-order chi connectivity index (χ0) is 21.1. The van der Waals surface area contributed by atoms with Crippen LogP contribution < -0.4 is 4.90 Å². The number of hydrogen-bond acceptors (Lipinski definition) is 7. The highest BCUT2D eigenvalue weighted by Crippen LogP contribution is 2.35. The molecule has 0 bridgehead atoms. The molecule has 0 unspecified atom stereocenters. The van der Waals surface area contributed by atoms with Gasteiger partial charge in [0, 0.05) is 38.3 Å². The standard InChI is InChI=1S/C20H22N6O2S2/c1-14(27)26(17-8-9-17)19-22-23-20(30-19)29-13-18(28)24(2)11-15-10-21-25(12-15)16-6-4-3-5-7-16/h3-7,10,12,17H,8-9,11,13H2,1-2H3. The van der Waals surface area contributed by atoms with Gasteiger partial charge in [0.15, 0.2) is 4.34 Å². The fourth-order valence-corrected chi connectivity index (χ4v) is 4.90. The number of benzene rings is 1. The zero-order valence-electron chi connectivity index (χ0n) is 16.8. The first-order valence-electron chi connectivity index (χ1n) is 9.60. The van der Waals surface area contributed by atoms with Gasteiger partial charge in [-0.2, -0.15) is 5.10 Å². The molecule has 0 radical (unpaired) electrons. The summed E-state index contributed by atoms with van der Waals surface area (Å²) in [6, 6.07) is 10.1. The van der Waals surface area contributed by atoms with Crippen LogP contribution in [-0.2, 0) is 16.1 Å². The number of carbonyl (C=O) groups is 2. The Morgan fingerprint density at radius 3 is 2.70 bits per heavy atom. The van der Waals surface area contributed by atoms with Crippen molar-refractivity contribution in [2.75, 3.05) is 17.7 Å². The SMILES string of the molecule is CC(=O)N(c1nnc(SCC(=O)N(C)Cc2cnn(-c3ccccc3)c2)s1)C1CC1. The molecule has 1 saturated carbocycles. The number of anilines is 1. The van der Waals surface area contributed by atoms with Crippen LogP contribution in [0.4, 0.5) is 5.13 Å². The molecule has 1 aliphatic carbocycles. The molecule has 8 nitrogen and oxygen atoms in total. The predicted octanol–water partition coefficient (Wildman–Crippen LogP) is 2.99. The van der Waals surface area contributed by atoms with Gasteiger partial charge in [0.05, 0.1) is 17.6 Å². The monoisotopic (exact) mass is 442 g/mol. The Balaban J connectivity index is 1.30. The third-order valence-corrected chi connectivity index (χ3v) is 6.72. The van der Waals surface area contributed by atoms with Gasteiger partial charge in [-0.25, -0.2) is 4.68 Å². The Labute approximate surface area is 182 Å². The van der Waals surface area contributed by atoms with Crippen molar-refractivity contribution >= 4 is 40.0 Å². The zero-order valence-corrected chi connectivity index (χ0v) is 18.4. The number of amides is 2. The van der Waals surface area contributed by atoms with Crippen LogP contribution in [0.25, 0.3) is 5.69 Å². The van der Waals surface area contributed by atoms with Crippen molar-refractivity contribution in [3.63, 3.8) is 0 Å². The first-order valence-corrected chi connectivity index (χ1v) is 11.4. The molecule has 1 aromatic carbocycles. The summed E-state index contributed by atoms with van der Waals surface area (Å²) >= 11 is 2.70. The summed E-state index contributed by atoms with van der Waals surface area (Å²) in [5.74, 6) is 0.244. The molecular weight excluding hydrogens is 420 g/mol. The molecule has 0 N–H and O–H groups in total. The van der Waals surface area contributed by atoms with Crippen molar-refractivity contribution in [2.24, 2.45) is 0 Å². The summed E-state index contributed by atoms with van der Waals surface area (Å²) < 4.78 is 2.49. The molecule has 10 heteroatoms. The third-order valence-electron chi connectivity index (χ3n) is 4.67. The van der Waals surface area contributed by atoms with Crippen LogP contribution in [0.5, 0.6) is 0 Å². The van der Waals surface area contributed by atoms with Gasteiger partial charge in [0.1, 0.15) is 0 Å². The van der Waals surface area contributed by atoms with E-state index in [0.29, 0.717) is 16.0 Å². The van der Waals surface area contributed by atoms with Crippen molar-refractivity contribution in [1.29, 1.82) is 0 Å². The van der Waals surface area contributed by atoms with Crippen molar-refractivity contribution in [3.05, 3.63) is 48.3 Å². The van der Waals surface area contributed by atoms with Crippen LogP contribution in [-0.4, -0.2) is 55.5 Å². The maximum absolute atomic E-state index is 12.5. The second-order valence-electron chi connectivity index (χ2n) is 7.14.